The van der Waals surface area contributed by atoms with Gasteiger partial charge in [-0.3, -0.25) is 9.59 Å². The average molecular weight is 428 g/mol. The first-order valence-electron chi connectivity index (χ1n) is 10.4. The van der Waals surface area contributed by atoms with Gasteiger partial charge in [-0.25, -0.2) is 4.98 Å². The van der Waals surface area contributed by atoms with E-state index in [0.29, 0.717) is 22.6 Å². The van der Waals surface area contributed by atoms with Crippen LogP contribution in [0.25, 0.3) is 27.1 Å². The summed E-state index contributed by atoms with van der Waals surface area (Å²) in [6, 6.07) is 13.8. The Hall–Kier alpha value is -3.31. The number of nitrogens with zero attached hydrogens (tertiary/aromatic N) is 1. The Kier molecular flexibility index (Phi) is 4.71. The Balaban J connectivity index is 1.50. The number of allylic oxidation sites excluding steroid dienone is 1. The molecule has 0 saturated carbocycles. The fourth-order valence-corrected chi connectivity index (χ4v) is 4.97. The molecule has 2 heterocycles. The maximum Gasteiger partial charge on any atom is 0.238 e. The lowest BCUT2D eigenvalue weighted by molar-refractivity contribution is 0.0990. The maximum absolute atomic E-state index is 13.0. The molecule has 31 heavy (non-hydrogen) atoms. The normalized spacial score (nSPS) is 13.3. The van der Waals surface area contributed by atoms with E-state index < -0.39 is 0 Å². The van der Waals surface area contributed by atoms with Crippen molar-refractivity contribution < 1.29 is 14.0 Å². The monoisotopic (exact) mass is 427 g/mol. The van der Waals surface area contributed by atoms with E-state index in [2.05, 4.69) is 31.0 Å². The SMILES string of the molecule is CCc1cc2c(cc1CC)C(=O)C(=Cc1cc3sc(-c4ccc(C)cc4)nc3o1)C2=O. The molecule has 0 atom stereocenters. The van der Waals surface area contributed by atoms with Gasteiger partial charge >= 0.3 is 0 Å². The van der Waals surface area contributed by atoms with Crippen LogP contribution in [0.3, 0.4) is 0 Å². The number of hydrogen-bond acceptors (Lipinski definition) is 5. The van der Waals surface area contributed by atoms with Gasteiger partial charge in [0.2, 0.25) is 5.71 Å². The first kappa shape index (κ1) is 19.6. The first-order valence-corrected chi connectivity index (χ1v) is 11.2. The van der Waals surface area contributed by atoms with E-state index in [0.717, 1.165) is 39.2 Å². The van der Waals surface area contributed by atoms with Crippen LogP contribution in [0.4, 0.5) is 0 Å². The zero-order valence-corrected chi connectivity index (χ0v) is 18.4. The standard InChI is InChI=1S/C26H21NO3S/c1-4-15-10-19-20(11-16(15)5-2)24(29)21(23(19)28)12-18-13-22-25(30-18)27-26(31-22)17-8-6-14(3)7-9-17/h6-13H,4-5H2,1-3H3. The predicted octanol–water partition coefficient (Wildman–Crippen LogP) is 6.45. The van der Waals surface area contributed by atoms with Crippen molar-refractivity contribution >= 4 is 39.4 Å². The van der Waals surface area contributed by atoms with Crippen LogP contribution in [0.1, 0.15) is 57.0 Å². The Morgan fingerprint density at radius 2 is 1.55 bits per heavy atom. The molecule has 1 aliphatic rings. The number of thiazole rings is 1. The van der Waals surface area contributed by atoms with Crippen molar-refractivity contribution in [1.29, 1.82) is 0 Å². The lowest BCUT2D eigenvalue weighted by atomic mass is 9.96. The number of aryl methyl sites for hydroxylation is 3. The summed E-state index contributed by atoms with van der Waals surface area (Å²) in [5.74, 6) is 0.0102. The third kappa shape index (κ3) is 3.26. The topological polar surface area (TPSA) is 60.2 Å². The van der Waals surface area contributed by atoms with Gasteiger partial charge in [-0.1, -0.05) is 43.7 Å². The van der Waals surface area contributed by atoms with Gasteiger partial charge < -0.3 is 4.42 Å². The molecule has 1 aliphatic carbocycles. The molecule has 0 amide bonds. The summed E-state index contributed by atoms with van der Waals surface area (Å²) >= 11 is 1.53. The molecule has 0 unspecified atom stereocenters. The Bertz CT molecular complexity index is 1310. The minimum atomic E-state index is -0.231. The minimum absolute atomic E-state index is 0.158. The molecule has 0 aliphatic heterocycles. The van der Waals surface area contributed by atoms with Crippen LogP contribution in [0.5, 0.6) is 0 Å². The molecule has 0 bridgehead atoms. The van der Waals surface area contributed by atoms with E-state index in [1.54, 1.807) is 6.08 Å². The van der Waals surface area contributed by atoms with Gasteiger partial charge in [0.1, 0.15) is 10.8 Å². The Morgan fingerprint density at radius 3 is 2.10 bits per heavy atom. The van der Waals surface area contributed by atoms with Crippen molar-refractivity contribution in [3.63, 3.8) is 0 Å². The van der Waals surface area contributed by atoms with Crippen LogP contribution in [0, 0.1) is 6.92 Å². The Labute approximate surface area is 184 Å². The summed E-state index contributed by atoms with van der Waals surface area (Å²) in [7, 11) is 0. The summed E-state index contributed by atoms with van der Waals surface area (Å²) in [5.41, 5.74) is 6.15. The molecule has 4 nitrogen and oxygen atoms in total. The molecular formula is C26H21NO3S. The third-order valence-electron chi connectivity index (χ3n) is 5.77. The van der Waals surface area contributed by atoms with Gasteiger partial charge in [0, 0.05) is 22.8 Å². The summed E-state index contributed by atoms with van der Waals surface area (Å²) in [4.78, 5) is 30.5. The number of ketones is 2. The van der Waals surface area contributed by atoms with E-state index in [1.165, 1.54) is 16.9 Å². The van der Waals surface area contributed by atoms with Gasteiger partial charge in [-0.2, -0.15) is 0 Å². The van der Waals surface area contributed by atoms with Crippen LogP contribution < -0.4 is 0 Å². The predicted molar refractivity (Wildman–Crippen MR) is 124 cm³/mol. The number of carbonyl (C=O) groups excluding carboxylic acids is 2. The highest BCUT2D eigenvalue weighted by Crippen LogP contribution is 2.35. The summed E-state index contributed by atoms with van der Waals surface area (Å²) in [6.45, 7) is 6.17. The molecule has 5 rings (SSSR count). The molecule has 0 spiro atoms. The van der Waals surface area contributed by atoms with Gasteiger partial charge in [0.15, 0.2) is 11.6 Å². The van der Waals surface area contributed by atoms with Crippen LogP contribution >= 0.6 is 11.3 Å². The van der Waals surface area contributed by atoms with E-state index in [9.17, 15) is 9.59 Å². The van der Waals surface area contributed by atoms with Crippen molar-refractivity contribution in [2.75, 3.05) is 0 Å². The number of Topliss-reactive ketones (excluding diaryl/α,β-unsaturated/α-hetero) is 2. The van der Waals surface area contributed by atoms with E-state index in [1.807, 2.05) is 37.3 Å². The van der Waals surface area contributed by atoms with Gasteiger partial charge in [-0.05, 0) is 49.1 Å². The quantitative estimate of drug-likeness (QED) is 0.277. The molecule has 0 N–H and O–H groups in total. The number of hydrogen-bond donors (Lipinski definition) is 0. The average Bonchev–Trinajstić information content (AvgIpc) is 3.40. The van der Waals surface area contributed by atoms with E-state index in [-0.39, 0.29) is 17.1 Å². The van der Waals surface area contributed by atoms with Crippen molar-refractivity contribution in [1.82, 2.24) is 4.98 Å². The van der Waals surface area contributed by atoms with Crippen LogP contribution in [0.15, 0.2) is 52.5 Å². The molecule has 5 heteroatoms. The van der Waals surface area contributed by atoms with Crippen LogP contribution in [0.2, 0.25) is 0 Å². The highest BCUT2D eigenvalue weighted by molar-refractivity contribution is 7.21. The number of rotatable bonds is 4. The zero-order chi connectivity index (χ0) is 21.7. The lowest BCUT2D eigenvalue weighted by Crippen LogP contribution is -1.99. The summed E-state index contributed by atoms with van der Waals surface area (Å²) < 4.78 is 6.75. The second kappa shape index (κ2) is 7.43. The fraction of sp³-hybridized carbons (Fsp3) is 0.192. The molecule has 2 aromatic carbocycles. The number of aromatic nitrogens is 1. The fourth-order valence-electron chi connectivity index (χ4n) is 4.03. The van der Waals surface area contributed by atoms with E-state index >= 15 is 0 Å². The molecule has 0 saturated heterocycles. The second-order valence-electron chi connectivity index (χ2n) is 7.79. The number of fused-ring (bicyclic) bond motifs is 2. The minimum Gasteiger partial charge on any atom is -0.437 e. The highest BCUT2D eigenvalue weighted by atomic mass is 32.1. The van der Waals surface area contributed by atoms with Crippen LogP contribution in [-0.2, 0) is 12.8 Å². The summed E-state index contributed by atoms with van der Waals surface area (Å²) in [5, 5.41) is 0.882. The van der Waals surface area contributed by atoms with Crippen molar-refractivity contribution in [3.05, 3.63) is 81.6 Å². The molecule has 2 aromatic heterocycles. The lowest BCUT2D eigenvalue weighted by Gasteiger charge is -2.07. The highest BCUT2D eigenvalue weighted by Gasteiger charge is 2.34. The second-order valence-corrected chi connectivity index (χ2v) is 8.82. The molecule has 154 valence electrons. The Morgan fingerprint density at radius 1 is 0.935 bits per heavy atom. The summed E-state index contributed by atoms with van der Waals surface area (Å²) in [6.07, 6.45) is 3.22. The first-order chi connectivity index (χ1) is 15.0. The number of furan rings is 1. The maximum atomic E-state index is 13.0. The smallest absolute Gasteiger partial charge is 0.238 e. The largest absolute Gasteiger partial charge is 0.437 e. The van der Waals surface area contributed by atoms with Crippen LogP contribution in [-0.4, -0.2) is 16.6 Å². The van der Waals surface area contributed by atoms with Gasteiger partial charge in [-0.15, -0.1) is 11.3 Å². The molecular weight excluding hydrogens is 406 g/mol. The van der Waals surface area contributed by atoms with Gasteiger partial charge in [0.25, 0.3) is 0 Å². The molecule has 0 fully saturated rings. The molecule has 4 aromatic rings. The zero-order valence-electron chi connectivity index (χ0n) is 17.6. The third-order valence-corrected chi connectivity index (χ3v) is 6.81. The number of benzene rings is 2. The van der Waals surface area contributed by atoms with E-state index in [4.69, 9.17) is 4.42 Å². The van der Waals surface area contributed by atoms with Crippen molar-refractivity contribution in [2.45, 2.75) is 33.6 Å². The molecule has 0 radical (unpaired) electrons. The van der Waals surface area contributed by atoms with Gasteiger partial charge in [0.05, 0.1) is 10.3 Å². The van der Waals surface area contributed by atoms with Crippen molar-refractivity contribution in [3.8, 4) is 10.6 Å². The van der Waals surface area contributed by atoms with Crippen molar-refractivity contribution in [2.24, 2.45) is 0 Å². The number of carbonyl (C=O) groups is 2.